The Balaban J connectivity index is 2.45. The number of carbonyl (C=O) groups is 1. The highest BCUT2D eigenvalue weighted by Gasteiger charge is 2.05. The van der Waals surface area contributed by atoms with Crippen molar-refractivity contribution in [3.8, 4) is 5.75 Å². The lowest BCUT2D eigenvalue weighted by atomic mass is 10.1. The number of rotatable bonds is 13. The van der Waals surface area contributed by atoms with E-state index in [0.29, 0.717) is 12.3 Å². The van der Waals surface area contributed by atoms with Crippen LogP contribution in [0.25, 0.3) is 0 Å². The molecule has 1 rings (SSSR count). The van der Waals surface area contributed by atoms with E-state index in [2.05, 4.69) is 30.8 Å². The van der Waals surface area contributed by atoms with E-state index in [1.165, 1.54) is 18.4 Å². The van der Waals surface area contributed by atoms with Crippen molar-refractivity contribution in [1.29, 1.82) is 0 Å². The standard InChI is InChI=1S/C21H34N4O2/c1-4-6-7-8-9-16-25(3)21(23-5-2)24-15-14-18-10-12-19(13-11-18)27-17-20(22)26/h4,10-13H,1,5-9,14-17H2,2-3H3,(H2,22,26)(H,23,24). The number of guanidine groups is 1. The van der Waals surface area contributed by atoms with Crippen LogP contribution in [-0.4, -0.2) is 50.1 Å². The van der Waals surface area contributed by atoms with Gasteiger partial charge in [0.15, 0.2) is 12.6 Å². The zero-order valence-corrected chi connectivity index (χ0v) is 16.7. The van der Waals surface area contributed by atoms with Gasteiger partial charge in [0.05, 0.1) is 0 Å². The van der Waals surface area contributed by atoms with Crippen LogP contribution in [0.3, 0.4) is 0 Å². The van der Waals surface area contributed by atoms with Gasteiger partial charge in [-0.1, -0.05) is 24.6 Å². The summed E-state index contributed by atoms with van der Waals surface area (Å²) in [6.07, 6.45) is 7.47. The van der Waals surface area contributed by atoms with E-state index in [1.54, 1.807) is 0 Å². The van der Waals surface area contributed by atoms with Crippen LogP contribution in [0.1, 0.15) is 38.2 Å². The Morgan fingerprint density at radius 1 is 1.30 bits per heavy atom. The summed E-state index contributed by atoms with van der Waals surface area (Å²) in [5.74, 6) is 1.11. The molecule has 0 heterocycles. The van der Waals surface area contributed by atoms with Gasteiger partial charge in [-0.3, -0.25) is 9.79 Å². The van der Waals surface area contributed by atoms with E-state index in [-0.39, 0.29) is 6.61 Å². The lowest BCUT2D eigenvalue weighted by Crippen LogP contribution is -2.39. The van der Waals surface area contributed by atoms with Crippen molar-refractivity contribution in [2.24, 2.45) is 10.7 Å². The molecule has 0 saturated carbocycles. The van der Waals surface area contributed by atoms with Crippen LogP contribution in [0, 0.1) is 0 Å². The molecular weight excluding hydrogens is 340 g/mol. The van der Waals surface area contributed by atoms with Gasteiger partial charge in [-0.15, -0.1) is 6.58 Å². The van der Waals surface area contributed by atoms with E-state index in [9.17, 15) is 4.79 Å². The number of allylic oxidation sites excluding steroid dienone is 1. The predicted octanol–water partition coefficient (Wildman–Crippen LogP) is 2.74. The lowest BCUT2D eigenvalue weighted by molar-refractivity contribution is -0.119. The largest absolute Gasteiger partial charge is 0.484 e. The third-order valence-corrected chi connectivity index (χ3v) is 4.06. The predicted molar refractivity (Wildman–Crippen MR) is 112 cm³/mol. The maximum Gasteiger partial charge on any atom is 0.255 e. The van der Waals surface area contributed by atoms with Crippen molar-refractivity contribution in [3.05, 3.63) is 42.5 Å². The van der Waals surface area contributed by atoms with Crippen LogP contribution in [0.2, 0.25) is 0 Å². The van der Waals surface area contributed by atoms with Crippen molar-refractivity contribution in [3.63, 3.8) is 0 Å². The number of hydrogen-bond donors (Lipinski definition) is 2. The van der Waals surface area contributed by atoms with Gasteiger partial charge in [-0.25, -0.2) is 0 Å². The quantitative estimate of drug-likeness (QED) is 0.241. The molecule has 0 aliphatic carbocycles. The van der Waals surface area contributed by atoms with Crippen LogP contribution in [0.5, 0.6) is 5.75 Å². The van der Waals surface area contributed by atoms with Crippen molar-refractivity contribution in [2.45, 2.75) is 39.0 Å². The van der Waals surface area contributed by atoms with Crippen LogP contribution in [0.4, 0.5) is 0 Å². The molecule has 0 spiro atoms. The molecule has 0 bridgehead atoms. The summed E-state index contributed by atoms with van der Waals surface area (Å²) in [5, 5.41) is 3.35. The number of aliphatic imine (C=N–C) groups is 1. The number of ether oxygens (including phenoxy) is 1. The third-order valence-electron chi connectivity index (χ3n) is 4.06. The molecule has 0 aromatic heterocycles. The topological polar surface area (TPSA) is 79.9 Å². The number of nitrogens with zero attached hydrogens (tertiary/aromatic N) is 2. The molecule has 0 fully saturated rings. The smallest absolute Gasteiger partial charge is 0.255 e. The van der Waals surface area contributed by atoms with Crippen molar-refractivity contribution < 1.29 is 9.53 Å². The molecule has 0 saturated heterocycles. The van der Waals surface area contributed by atoms with Gasteiger partial charge < -0.3 is 20.7 Å². The van der Waals surface area contributed by atoms with Crippen molar-refractivity contribution in [2.75, 3.05) is 33.3 Å². The molecule has 0 atom stereocenters. The summed E-state index contributed by atoms with van der Waals surface area (Å²) in [7, 11) is 2.08. The van der Waals surface area contributed by atoms with Gasteiger partial charge in [0.25, 0.3) is 5.91 Å². The molecule has 1 aromatic rings. The van der Waals surface area contributed by atoms with Crippen LogP contribution in [-0.2, 0) is 11.2 Å². The second-order valence-corrected chi connectivity index (χ2v) is 6.44. The molecule has 150 valence electrons. The molecule has 0 radical (unpaired) electrons. The SMILES string of the molecule is C=CCCCCCN(C)C(=NCCc1ccc(OCC(N)=O)cc1)NCC. The minimum absolute atomic E-state index is 0.102. The second kappa shape index (κ2) is 13.7. The molecule has 1 amide bonds. The Labute approximate surface area is 163 Å². The van der Waals surface area contributed by atoms with E-state index in [4.69, 9.17) is 15.5 Å². The normalized spacial score (nSPS) is 11.1. The molecule has 0 aliphatic heterocycles. The first kappa shape index (κ1) is 22.5. The first-order valence-electron chi connectivity index (χ1n) is 9.67. The maximum absolute atomic E-state index is 10.7. The molecule has 1 aromatic carbocycles. The van der Waals surface area contributed by atoms with Gasteiger partial charge in [0.2, 0.25) is 0 Å². The first-order chi connectivity index (χ1) is 13.1. The number of unbranched alkanes of at least 4 members (excludes halogenated alkanes) is 3. The highest BCUT2D eigenvalue weighted by atomic mass is 16.5. The van der Waals surface area contributed by atoms with E-state index in [0.717, 1.165) is 38.3 Å². The van der Waals surface area contributed by atoms with Gasteiger partial charge in [0, 0.05) is 26.7 Å². The average Bonchev–Trinajstić information content (AvgIpc) is 2.66. The fraction of sp³-hybridized carbons (Fsp3) is 0.524. The minimum atomic E-state index is -0.478. The zero-order chi connectivity index (χ0) is 19.9. The highest BCUT2D eigenvalue weighted by Crippen LogP contribution is 2.12. The summed E-state index contributed by atoms with van der Waals surface area (Å²) < 4.78 is 5.27. The van der Waals surface area contributed by atoms with Crippen LogP contribution in [0.15, 0.2) is 41.9 Å². The fourth-order valence-corrected chi connectivity index (χ4v) is 2.59. The monoisotopic (exact) mass is 374 g/mol. The Morgan fingerprint density at radius 2 is 2.04 bits per heavy atom. The number of hydrogen-bond acceptors (Lipinski definition) is 3. The number of carbonyl (C=O) groups excluding carboxylic acids is 1. The summed E-state index contributed by atoms with van der Waals surface area (Å²) in [4.78, 5) is 17.7. The van der Waals surface area contributed by atoms with Gasteiger partial charge >= 0.3 is 0 Å². The Bertz CT molecular complexity index is 584. The van der Waals surface area contributed by atoms with Crippen molar-refractivity contribution in [1.82, 2.24) is 10.2 Å². The van der Waals surface area contributed by atoms with Gasteiger partial charge in [0.1, 0.15) is 5.75 Å². The molecule has 0 unspecified atom stereocenters. The van der Waals surface area contributed by atoms with Gasteiger partial charge in [-0.2, -0.15) is 0 Å². The number of primary amides is 1. The summed E-state index contributed by atoms with van der Waals surface area (Å²) in [6, 6.07) is 7.68. The van der Waals surface area contributed by atoms with E-state index < -0.39 is 5.91 Å². The molecule has 3 N–H and O–H groups in total. The zero-order valence-electron chi connectivity index (χ0n) is 16.7. The number of amides is 1. The lowest BCUT2D eigenvalue weighted by Gasteiger charge is -2.22. The van der Waals surface area contributed by atoms with E-state index in [1.807, 2.05) is 30.3 Å². The Hall–Kier alpha value is -2.50. The minimum Gasteiger partial charge on any atom is -0.484 e. The maximum atomic E-state index is 10.7. The third kappa shape index (κ3) is 10.3. The number of nitrogens with two attached hydrogens (primary N) is 1. The Morgan fingerprint density at radius 3 is 2.67 bits per heavy atom. The van der Waals surface area contributed by atoms with Crippen LogP contribution < -0.4 is 15.8 Å². The summed E-state index contributed by atoms with van der Waals surface area (Å²) >= 11 is 0. The number of benzene rings is 1. The molecule has 6 nitrogen and oxygen atoms in total. The average molecular weight is 375 g/mol. The number of nitrogens with one attached hydrogen (secondary N) is 1. The first-order valence-corrected chi connectivity index (χ1v) is 9.67. The second-order valence-electron chi connectivity index (χ2n) is 6.44. The Kier molecular flexibility index (Phi) is 11.4. The molecule has 27 heavy (non-hydrogen) atoms. The summed E-state index contributed by atoms with van der Waals surface area (Å²) in [6.45, 7) is 8.30. The van der Waals surface area contributed by atoms with E-state index >= 15 is 0 Å². The van der Waals surface area contributed by atoms with Gasteiger partial charge in [-0.05, 0) is 50.3 Å². The molecular formula is C21H34N4O2. The molecule has 0 aliphatic rings. The van der Waals surface area contributed by atoms with Crippen molar-refractivity contribution >= 4 is 11.9 Å². The summed E-state index contributed by atoms with van der Waals surface area (Å²) in [5.41, 5.74) is 6.25. The van der Waals surface area contributed by atoms with Crippen LogP contribution >= 0.6 is 0 Å². The fourth-order valence-electron chi connectivity index (χ4n) is 2.59. The molecule has 6 heteroatoms. The highest BCUT2D eigenvalue weighted by molar-refractivity contribution is 5.79.